The predicted molar refractivity (Wildman–Crippen MR) is 108 cm³/mol. The second-order valence-electron chi connectivity index (χ2n) is 5.92. The van der Waals surface area contributed by atoms with Crippen molar-refractivity contribution in [3.63, 3.8) is 0 Å². The van der Waals surface area contributed by atoms with E-state index >= 15 is 0 Å². The van der Waals surface area contributed by atoms with E-state index < -0.39 is 0 Å². The van der Waals surface area contributed by atoms with Crippen molar-refractivity contribution in [2.24, 2.45) is 12.1 Å². The Hall–Kier alpha value is -2.93. The molecule has 7 heteroatoms. The normalized spacial score (nSPS) is 10.9. The van der Waals surface area contributed by atoms with Gasteiger partial charge >= 0.3 is 0 Å². The number of rotatable bonds is 6. The first-order valence-electron chi connectivity index (χ1n) is 8.33. The highest BCUT2D eigenvalue weighted by molar-refractivity contribution is 9.10. The predicted octanol–water partition coefficient (Wildman–Crippen LogP) is 3.83. The number of carbonyl (C=O) groups excluding carboxylic acids is 1. The van der Waals surface area contributed by atoms with Gasteiger partial charge in [0, 0.05) is 22.8 Å². The summed E-state index contributed by atoms with van der Waals surface area (Å²) < 4.78 is 8.43. The van der Waals surface area contributed by atoms with Gasteiger partial charge in [0.05, 0.1) is 18.0 Å². The molecule has 1 amide bonds. The monoisotopic (exact) mass is 426 g/mol. The number of amides is 1. The van der Waals surface area contributed by atoms with Crippen molar-refractivity contribution in [3.05, 3.63) is 81.6 Å². The Morgan fingerprint density at radius 2 is 2.07 bits per heavy atom. The zero-order valence-electron chi connectivity index (χ0n) is 15.0. The number of nitrogens with one attached hydrogen (secondary N) is 1. The number of hydrogen-bond acceptors (Lipinski definition) is 4. The third-order valence-corrected chi connectivity index (χ3v) is 4.56. The van der Waals surface area contributed by atoms with Gasteiger partial charge in [-0.2, -0.15) is 10.2 Å². The van der Waals surface area contributed by atoms with Crippen molar-refractivity contribution in [2.75, 3.05) is 0 Å². The number of nitrogens with zero attached hydrogens (tertiary/aromatic N) is 3. The van der Waals surface area contributed by atoms with Crippen LogP contribution in [0.1, 0.15) is 27.2 Å². The molecule has 0 aliphatic heterocycles. The third kappa shape index (κ3) is 4.83. The highest BCUT2D eigenvalue weighted by atomic mass is 79.9. The van der Waals surface area contributed by atoms with Gasteiger partial charge < -0.3 is 4.74 Å². The van der Waals surface area contributed by atoms with E-state index in [1.807, 2.05) is 44.3 Å². The molecule has 3 aromatic rings. The van der Waals surface area contributed by atoms with E-state index in [2.05, 4.69) is 31.6 Å². The van der Waals surface area contributed by atoms with Crippen molar-refractivity contribution in [3.8, 4) is 5.75 Å². The lowest BCUT2D eigenvalue weighted by Crippen LogP contribution is -2.18. The Labute approximate surface area is 166 Å². The van der Waals surface area contributed by atoms with Crippen LogP contribution in [-0.2, 0) is 13.7 Å². The lowest BCUT2D eigenvalue weighted by atomic mass is 10.2. The van der Waals surface area contributed by atoms with Gasteiger partial charge in [0.2, 0.25) is 0 Å². The van der Waals surface area contributed by atoms with Gasteiger partial charge in [-0.05, 0) is 30.7 Å². The molecule has 3 rings (SSSR count). The molecule has 0 fully saturated rings. The van der Waals surface area contributed by atoms with E-state index in [0.29, 0.717) is 17.9 Å². The molecule has 6 nitrogen and oxygen atoms in total. The smallest absolute Gasteiger partial charge is 0.275 e. The average molecular weight is 427 g/mol. The van der Waals surface area contributed by atoms with Crippen LogP contribution in [0.2, 0.25) is 0 Å². The molecule has 0 radical (unpaired) electrons. The quantitative estimate of drug-likeness (QED) is 0.480. The number of benzene rings is 2. The molecule has 0 unspecified atom stereocenters. The van der Waals surface area contributed by atoms with E-state index in [4.69, 9.17) is 4.74 Å². The van der Waals surface area contributed by atoms with Gasteiger partial charge in [-0.3, -0.25) is 9.48 Å². The van der Waals surface area contributed by atoms with Crippen LogP contribution in [0.5, 0.6) is 5.75 Å². The molecule has 1 heterocycles. The molecule has 27 heavy (non-hydrogen) atoms. The Balaban J connectivity index is 1.71. The van der Waals surface area contributed by atoms with E-state index in [1.54, 1.807) is 35.3 Å². The van der Waals surface area contributed by atoms with E-state index in [9.17, 15) is 4.79 Å². The maximum atomic E-state index is 12.5. The van der Waals surface area contributed by atoms with Crippen LogP contribution in [0.4, 0.5) is 0 Å². The van der Waals surface area contributed by atoms with E-state index in [1.165, 1.54) is 0 Å². The maximum absolute atomic E-state index is 12.5. The first-order valence-corrected chi connectivity index (χ1v) is 9.12. The van der Waals surface area contributed by atoms with Gasteiger partial charge in [-0.15, -0.1) is 0 Å². The summed E-state index contributed by atoms with van der Waals surface area (Å²) in [6.07, 6.45) is 3.27. The van der Waals surface area contributed by atoms with Crippen LogP contribution < -0.4 is 10.2 Å². The molecule has 0 aliphatic carbocycles. The van der Waals surface area contributed by atoms with Crippen LogP contribution in [0, 0.1) is 6.92 Å². The van der Waals surface area contributed by atoms with Crippen molar-refractivity contribution in [1.82, 2.24) is 15.2 Å². The summed E-state index contributed by atoms with van der Waals surface area (Å²) in [5.74, 6) is 0.141. The Morgan fingerprint density at radius 3 is 2.78 bits per heavy atom. The van der Waals surface area contributed by atoms with Crippen molar-refractivity contribution < 1.29 is 9.53 Å². The average Bonchev–Trinajstić information content (AvgIpc) is 2.99. The lowest BCUT2D eigenvalue weighted by Gasteiger charge is -2.11. The molecule has 0 saturated heterocycles. The van der Waals surface area contributed by atoms with Crippen LogP contribution in [0.3, 0.4) is 0 Å². The minimum Gasteiger partial charge on any atom is -0.488 e. The zero-order valence-corrected chi connectivity index (χ0v) is 16.6. The summed E-state index contributed by atoms with van der Waals surface area (Å²) in [6.45, 7) is 2.30. The maximum Gasteiger partial charge on any atom is 0.275 e. The first kappa shape index (κ1) is 18.8. The van der Waals surface area contributed by atoms with Gasteiger partial charge in [0.25, 0.3) is 5.91 Å². The highest BCUT2D eigenvalue weighted by Gasteiger charge is 2.13. The first-order chi connectivity index (χ1) is 13.0. The Kier molecular flexibility index (Phi) is 6.03. The van der Waals surface area contributed by atoms with Crippen LogP contribution in [0.25, 0.3) is 0 Å². The summed E-state index contributed by atoms with van der Waals surface area (Å²) in [7, 11) is 1.85. The fourth-order valence-electron chi connectivity index (χ4n) is 2.40. The SMILES string of the molecule is Cc1c(/C=N\NC(=O)c2ccc(Br)cc2OCc2ccccc2)cnn1C. The van der Waals surface area contributed by atoms with E-state index in [0.717, 1.165) is 21.3 Å². The van der Waals surface area contributed by atoms with Crippen molar-refractivity contribution in [1.29, 1.82) is 0 Å². The minimum absolute atomic E-state index is 0.344. The standard InChI is InChI=1S/C20H19BrN4O2/c1-14-16(12-23-25(14)2)11-22-24-20(26)18-9-8-17(21)10-19(18)27-13-15-6-4-3-5-7-15/h3-12H,13H2,1-2H3,(H,24,26)/b22-11-. The molecule has 0 bridgehead atoms. The molecular formula is C20H19BrN4O2. The highest BCUT2D eigenvalue weighted by Crippen LogP contribution is 2.24. The number of halogens is 1. The van der Waals surface area contributed by atoms with Gasteiger partial charge in [-0.25, -0.2) is 5.43 Å². The van der Waals surface area contributed by atoms with E-state index in [-0.39, 0.29) is 5.91 Å². The van der Waals surface area contributed by atoms with Crippen molar-refractivity contribution >= 4 is 28.1 Å². The number of aryl methyl sites for hydroxylation is 1. The summed E-state index contributed by atoms with van der Waals surface area (Å²) in [5, 5.41) is 8.17. The van der Waals surface area contributed by atoms with Gasteiger partial charge in [-0.1, -0.05) is 46.3 Å². The molecular weight excluding hydrogens is 408 g/mol. The number of ether oxygens (including phenoxy) is 1. The Bertz CT molecular complexity index is 967. The van der Waals surface area contributed by atoms with Crippen LogP contribution in [-0.4, -0.2) is 21.9 Å². The summed E-state index contributed by atoms with van der Waals surface area (Å²) in [6, 6.07) is 15.0. The molecule has 0 saturated carbocycles. The summed E-state index contributed by atoms with van der Waals surface area (Å²) >= 11 is 3.41. The molecule has 0 spiro atoms. The fourth-order valence-corrected chi connectivity index (χ4v) is 2.74. The molecule has 1 N–H and O–H groups in total. The zero-order chi connectivity index (χ0) is 19.2. The largest absolute Gasteiger partial charge is 0.488 e. The number of hydrogen-bond donors (Lipinski definition) is 1. The summed E-state index contributed by atoms with van der Waals surface area (Å²) in [4.78, 5) is 12.5. The number of aromatic nitrogens is 2. The third-order valence-electron chi connectivity index (χ3n) is 4.07. The second-order valence-corrected chi connectivity index (χ2v) is 6.84. The molecule has 2 aromatic carbocycles. The number of carbonyl (C=O) groups is 1. The lowest BCUT2D eigenvalue weighted by molar-refractivity contribution is 0.0950. The fraction of sp³-hybridized carbons (Fsp3) is 0.150. The summed E-state index contributed by atoms with van der Waals surface area (Å²) in [5.41, 5.74) is 5.78. The van der Waals surface area contributed by atoms with Crippen LogP contribution >= 0.6 is 15.9 Å². The molecule has 0 aliphatic rings. The molecule has 138 valence electrons. The molecule has 0 atom stereocenters. The molecule has 1 aromatic heterocycles. The topological polar surface area (TPSA) is 68.5 Å². The van der Waals surface area contributed by atoms with Gasteiger partial charge in [0.1, 0.15) is 12.4 Å². The second kappa shape index (κ2) is 8.64. The Morgan fingerprint density at radius 1 is 1.30 bits per heavy atom. The van der Waals surface area contributed by atoms with Gasteiger partial charge in [0.15, 0.2) is 0 Å². The number of hydrazone groups is 1. The minimum atomic E-state index is -0.344. The van der Waals surface area contributed by atoms with Crippen molar-refractivity contribution in [2.45, 2.75) is 13.5 Å². The van der Waals surface area contributed by atoms with Crippen LogP contribution in [0.15, 0.2) is 64.3 Å².